The number of benzene rings is 1. The van der Waals surface area contributed by atoms with Gasteiger partial charge in [0.05, 0.1) is 0 Å². The van der Waals surface area contributed by atoms with Gasteiger partial charge in [-0.1, -0.05) is 19.1 Å². The Labute approximate surface area is 146 Å². The Balaban J connectivity index is 1.82. The van der Waals surface area contributed by atoms with Crippen LogP contribution in [0, 0.1) is 0 Å². The van der Waals surface area contributed by atoms with Crippen molar-refractivity contribution in [2.75, 3.05) is 18.0 Å². The molecule has 0 unspecified atom stereocenters. The highest BCUT2D eigenvalue weighted by atomic mass is 16.2. The Hall–Kier alpha value is -2.77. The molecule has 1 aromatic carbocycles. The average Bonchev–Trinajstić information content (AvgIpc) is 2.60. The molecule has 2 rings (SSSR count). The Kier molecular flexibility index (Phi) is 6.21. The van der Waals surface area contributed by atoms with Crippen LogP contribution in [0.5, 0.6) is 0 Å². The highest BCUT2D eigenvalue weighted by Crippen LogP contribution is 2.20. The van der Waals surface area contributed by atoms with Gasteiger partial charge in [0.2, 0.25) is 11.8 Å². The molecule has 0 radical (unpaired) electrons. The van der Waals surface area contributed by atoms with Gasteiger partial charge in [-0.3, -0.25) is 9.59 Å². The van der Waals surface area contributed by atoms with E-state index >= 15 is 0 Å². The molecule has 0 spiro atoms. The number of urea groups is 1. The maximum Gasteiger partial charge on any atom is 0.316 e. The number of rotatable bonds is 6. The number of anilines is 1. The highest BCUT2D eigenvalue weighted by molar-refractivity contribution is 6.05. The van der Waals surface area contributed by atoms with Crippen LogP contribution in [0.4, 0.5) is 10.5 Å². The second kappa shape index (κ2) is 8.36. The second-order valence-electron chi connectivity index (χ2n) is 6.14. The average molecular weight is 347 g/mol. The van der Waals surface area contributed by atoms with Crippen LogP contribution >= 0.6 is 0 Å². The predicted molar refractivity (Wildman–Crippen MR) is 94.9 cm³/mol. The molecule has 8 nitrogen and oxygen atoms in total. The molecule has 1 aliphatic rings. The number of nitrogens with two attached hydrogens (primary N) is 2. The van der Waals surface area contributed by atoms with Crippen molar-refractivity contribution in [3.05, 3.63) is 29.8 Å². The fourth-order valence-corrected chi connectivity index (χ4v) is 2.87. The van der Waals surface area contributed by atoms with Gasteiger partial charge >= 0.3 is 6.03 Å². The van der Waals surface area contributed by atoms with Crippen molar-refractivity contribution < 1.29 is 14.4 Å². The van der Waals surface area contributed by atoms with Gasteiger partial charge in [-0.2, -0.15) is 0 Å². The molecule has 0 aromatic heterocycles. The lowest BCUT2D eigenvalue weighted by molar-refractivity contribution is -0.128. The molecule has 0 atom stereocenters. The van der Waals surface area contributed by atoms with Crippen LogP contribution < -0.4 is 27.0 Å². The Morgan fingerprint density at radius 2 is 1.68 bits per heavy atom. The summed E-state index contributed by atoms with van der Waals surface area (Å²) >= 11 is 0. The molecular weight excluding hydrogens is 322 g/mol. The molecule has 1 aromatic rings. The van der Waals surface area contributed by atoms with Crippen molar-refractivity contribution in [1.29, 1.82) is 0 Å². The SMILES string of the molecule is CCc1ccc(N2CCC(NC(=O)NC(C(N)=O)C(N)=O)CC2)cc1. The van der Waals surface area contributed by atoms with E-state index in [1.807, 2.05) is 0 Å². The number of aryl methyl sites for hydroxylation is 1. The minimum absolute atomic E-state index is 0.0347. The van der Waals surface area contributed by atoms with Crippen LogP contribution in [-0.2, 0) is 16.0 Å². The summed E-state index contributed by atoms with van der Waals surface area (Å²) in [5.74, 6) is -1.96. The first-order valence-electron chi connectivity index (χ1n) is 8.40. The van der Waals surface area contributed by atoms with Crippen LogP contribution in [0.3, 0.4) is 0 Å². The maximum absolute atomic E-state index is 11.9. The van der Waals surface area contributed by atoms with E-state index in [0.29, 0.717) is 0 Å². The van der Waals surface area contributed by atoms with Crippen LogP contribution in [0.1, 0.15) is 25.3 Å². The first-order chi connectivity index (χ1) is 11.9. The summed E-state index contributed by atoms with van der Waals surface area (Å²) < 4.78 is 0. The summed E-state index contributed by atoms with van der Waals surface area (Å²) in [6.07, 6.45) is 2.54. The molecule has 0 aliphatic carbocycles. The highest BCUT2D eigenvalue weighted by Gasteiger charge is 2.26. The van der Waals surface area contributed by atoms with E-state index in [2.05, 4.69) is 46.7 Å². The number of nitrogens with zero attached hydrogens (tertiary/aromatic N) is 1. The molecule has 1 saturated heterocycles. The molecule has 6 N–H and O–H groups in total. The summed E-state index contributed by atoms with van der Waals surface area (Å²) in [6, 6.07) is 6.33. The fourth-order valence-electron chi connectivity index (χ4n) is 2.87. The van der Waals surface area contributed by atoms with E-state index in [-0.39, 0.29) is 6.04 Å². The number of piperidine rings is 1. The predicted octanol–water partition coefficient (Wildman–Crippen LogP) is -0.144. The monoisotopic (exact) mass is 347 g/mol. The summed E-state index contributed by atoms with van der Waals surface area (Å²) in [5, 5.41) is 4.96. The minimum Gasteiger partial charge on any atom is -0.371 e. The quantitative estimate of drug-likeness (QED) is 0.533. The number of carbonyl (C=O) groups is 3. The van der Waals surface area contributed by atoms with Gasteiger partial charge in [0.1, 0.15) is 0 Å². The van der Waals surface area contributed by atoms with E-state index in [4.69, 9.17) is 11.5 Å². The molecular formula is C17H25N5O3. The molecule has 1 aliphatic heterocycles. The fraction of sp³-hybridized carbons (Fsp3) is 0.471. The van der Waals surface area contributed by atoms with Crippen molar-refractivity contribution in [2.24, 2.45) is 11.5 Å². The first-order valence-corrected chi connectivity index (χ1v) is 8.40. The number of carbonyl (C=O) groups excluding carboxylic acids is 3. The van der Waals surface area contributed by atoms with E-state index in [0.717, 1.165) is 32.4 Å². The zero-order valence-corrected chi connectivity index (χ0v) is 14.3. The summed E-state index contributed by atoms with van der Waals surface area (Å²) in [5.41, 5.74) is 12.5. The van der Waals surface area contributed by atoms with Crippen LogP contribution in [-0.4, -0.2) is 43.0 Å². The lowest BCUT2D eigenvalue weighted by atomic mass is 10.0. The van der Waals surface area contributed by atoms with E-state index in [1.165, 1.54) is 11.3 Å². The van der Waals surface area contributed by atoms with Crippen molar-refractivity contribution in [3.8, 4) is 0 Å². The van der Waals surface area contributed by atoms with Crippen molar-refractivity contribution >= 4 is 23.5 Å². The summed E-state index contributed by atoms with van der Waals surface area (Å²) in [4.78, 5) is 36.3. The zero-order chi connectivity index (χ0) is 18.4. The third kappa shape index (κ3) is 5.10. The number of primary amides is 2. The summed E-state index contributed by atoms with van der Waals surface area (Å²) in [6.45, 7) is 3.75. The minimum atomic E-state index is -1.50. The largest absolute Gasteiger partial charge is 0.371 e. The number of hydrogen-bond donors (Lipinski definition) is 4. The van der Waals surface area contributed by atoms with Gasteiger partial charge in [0.25, 0.3) is 0 Å². The smallest absolute Gasteiger partial charge is 0.316 e. The molecule has 0 bridgehead atoms. The van der Waals surface area contributed by atoms with E-state index in [9.17, 15) is 14.4 Å². The number of nitrogens with one attached hydrogen (secondary N) is 2. The van der Waals surface area contributed by atoms with Gasteiger partial charge in [0.15, 0.2) is 6.04 Å². The van der Waals surface area contributed by atoms with E-state index in [1.54, 1.807) is 0 Å². The normalized spacial score (nSPS) is 15.0. The van der Waals surface area contributed by atoms with E-state index < -0.39 is 23.9 Å². The lowest BCUT2D eigenvalue weighted by Crippen LogP contribution is -2.57. The second-order valence-corrected chi connectivity index (χ2v) is 6.14. The third-order valence-electron chi connectivity index (χ3n) is 4.38. The topological polar surface area (TPSA) is 131 Å². The molecule has 1 fully saturated rings. The maximum atomic E-state index is 11.9. The van der Waals surface area contributed by atoms with Crippen molar-refractivity contribution in [1.82, 2.24) is 10.6 Å². The molecule has 136 valence electrons. The lowest BCUT2D eigenvalue weighted by Gasteiger charge is -2.34. The molecule has 1 heterocycles. The Morgan fingerprint density at radius 3 is 2.16 bits per heavy atom. The van der Waals surface area contributed by atoms with Crippen LogP contribution in [0.25, 0.3) is 0 Å². The number of amides is 4. The number of hydrogen-bond acceptors (Lipinski definition) is 4. The van der Waals surface area contributed by atoms with Gasteiger partial charge in [-0.15, -0.1) is 0 Å². The van der Waals surface area contributed by atoms with Crippen LogP contribution in [0.2, 0.25) is 0 Å². The Morgan fingerprint density at radius 1 is 1.12 bits per heavy atom. The van der Waals surface area contributed by atoms with Crippen molar-refractivity contribution in [2.45, 2.75) is 38.3 Å². The molecule has 25 heavy (non-hydrogen) atoms. The molecule has 4 amide bonds. The standard InChI is InChI=1S/C17H25N5O3/c1-2-11-3-5-13(6-4-11)22-9-7-12(8-10-22)20-17(25)21-14(15(18)23)16(19)24/h3-6,12,14H,2,7-10H2,1H3,(H2,18,23)(H2,19,24)(H2,20,21,25). The molecule has 8 heteroatoms. The third-order valence-corrected chi connectivity index (χ3v) is 4.38. The zero-order valence-electron chi connectivity index (χ0n) is 14.3. The van der Waals surface area contributed by atoms with Crippen molar-refractivity contribution in [3.63, 3.8) is 0 Å². The van der Waals surface area contributed by atoms with Gasteiger partial charge in [-0.05, 0) is 37.0 Å². The Bertz CT molecular complexity index is 610. The van der Waals surface area contributed by atoms with Gasteiger partial charge in [0, 0.05) is 24.8 Å². The van der Waals surface area contributed by atoms with Gasteiger partial charge in [-0.25, -0.2) is 4.79 Å². The first kappa shape index (κ1) is 18.6. The molecule has 0 saturated carbocycles. The summed E-state index contributed by atoms with van der Waals surface area (Å²) in [7, 11) is 0. The van der Waals surface area contributed by atoms with Gasteiger partial charge < -0.3 is 27.0 Å². The van der Waals surface area contributed by atoms with Crippen LogP contribution in [0.15, 0.2) is 24.3 Å².